The molecular weight excluding hydrogens is 422 g/mol. The summed E-state index contributed by atoms with van der Waals surface area (Å²) in [5.41, 5.74) is 1.40. The lowest BCUT2D eigenvalue weighted by Crippen LogP contribution is -2.38. The molecule has 3 aromatic rings. The predicted molar refractivity (Wildman–Crippen MR) is 121 cm³/mol. The molecule has 0 radical (unpaired) electrons. The van der Waals surface area contributed by atoms with Gasteiger partial charge in [-0.25, -0.2) is 0 Å². The van der Waals surface area contributed by atoms with Crippen LogP contribution in [0.15, 0.2) is 53.1 Å². The molecule has 0 spiro atoms. The Morgan fingerprint density at radius 1 is 1.00 bits per heavy atom. The molecule has 0 atom stereocenters. The van der Waals surface area contributed by atoms with E-state index in [0.717, 1.165) is 18.4 Å². The van der Waals surface area contributed by atoms with Gasteiger partial charge in [-0.3, -0.25) is 9.59 Å². The molecule has 1 saturated heterocycles. The Kier molecular flexibility index (Phi) is 7.02. The van der Waals surface area contributed by atoms with Crippen molar-refractivity contribution in [2.75, 3.05) is 27.3 Å². The summed E-state index contributed by atoms with van der Waals surface area (Å²) < 4.78 is 16.1. The Morgan fingerprint density at radius 3 is 2.42 bits per heavy atom. The van der Waals surface area contributed by atoms with Crippen molar-refractivity contribution in [2.45, 2.75) is 31.6 Å². The quantitative estimate of drug-likeness (QED) is 0.477. The lowest BCUT2D eigenvalue weighted by molar-refractivity contribution is -0.132. The number of carbonyl (C=O) groups is 2. The topological polar surface area (TPSA) is 94.8 Å². The molecule has 0 aliphatic carbocycles. The van der Waals surface area contributed by atoms with Crippen LogP contribution in [0.4, 0.5) is 0 Å². The maximum atomic E-state index is 12.6. The first-order chi connectivity index (χ1) is 16.1. The van der Waals surface area contributed by atoms with E-state index in [-0.39, 0.29) is 30.4 Å². The lowest BCUT2D eigenvalue weighted by Gasteiger charge is -2.30. The minimum Gasteiger partial charge on any atom is -0.493 e. The fraction of sp³-hybridized carbons (Fsp3) is 0.360. The van der Waals surface area contributed by atoms with Gasteiger partial charge in [-0.05, 0) is 31.0 Å². The van der Waals surface area contributed by atoms with Crippen LogP contribution in [-0.4, -0.2) is 54.0 Å². The Morgan fingerprint density at radius 2 is 1.73 bits per heavy atom. The normalized spacial score (nSPS) is 14.2. The van der Waals surface area contributed by atoms with Gasteiger partial charge in [0.2, 0.25) is 5.91 Å². The zero-order valence-corrected chi connectivity index (χ0v) is 18.8. The first-order valence-electron chi connectivity index (χ1n) is 11.0. The summed E-state index contributed by atoms with van der Waals surface area (Å²) in [4.78, 5) is 31.2. The van der Waals surface area contributed by atoms with Crippen molar-refractivity contribution in [3.63, 3.8) is 0 Å². The maximum absolute atomic E-state index is 12.6. The van der Waals surface area contributed by atoms with Crippen LogP contribution >= 0.6 is 0 Å². The van der Waals surface area contributed by atoms with E-state index in [1.807, 2.05) is 29.2 Å². The third-order valence-electron chi connectivity index (χ3n) is 5.95. The van der Waals surface area contributed by atoms with Gasteiger partial charge in [0.05, 0.1) is 14.2 Å². The summed E-state index contributed by atoms with van der Waals surface area (Å²) in [7, 11) is 3.16. The summed E-state index contributed by atoms with van der Waals surface area (Å²) in [5.74, 6) is 2.41. The molecule has 2 aromatic carbocycles. The first-order valence-corrected chi connectivity index (χ1v) is 11.0. The second-order valence-corrected chi connectivity index (χ2v) is 7.97. The number of rotatable bonds is 8. The van der Waals surface area contributed by atoms with Gasteiger partial charge in [-0.15, -0.1) is 0 Å². The number of benzene rings is 2. The van der Waals surface area contributed by atoms with Crippen molar-refractivity contribution < 1.29 is 23.6 Å². The standard InChI is InChI=1S/C25H27N3O5/c1-31-21-10-8-19(16-22(21)32-2)25-26-24(27-33-25)18-12-14-28(15-13-18)23(30)11-9-20(29)17-6-4-3-5-7-17/h3-8,10,16,18H,9,11-15H2,1-2H3. The number of amides is 1. The van der Waals surface area contributed by atoms with E-state index in [4.69, 9.17) is 14.0 Å². The van der Waals surface area contributed by atoms with Crippen LogP contribution < -0.4 is 9.47 Å². The molecule has 1 aliphatic heterocycles. The molecule has 0 N–H and O–H groups in total. The van der Waals surface area contributed by atoms with Gasteiger partial charge >= 0.3 is 0 Å². The average molecular weight is 450 g/mol. The second-order valence-electron chi connectivity index (χ2n) is 7.97. The monoisotopic (exact) mass is 449 g/mol. The van der Waals surface area contributed by atoms with Crippen molar-refractivity contribution in [3.05, 3.63) is 59.9 Å². The Bertz CT molecular complexity index is 1100. The van der Waals surface area contributed by atoms with Crippen molar-refractivity contribution >= 4 is 11.7 Å². The van der Waals surface area contributed by atoms with Gasteiger partial charge in [0.15, 0.2) is 23.1 Å². The SMILES string of the molecule is COc1ccc(-c2nc(C3CCN(C(=O)CCC(=O)c4ccccc4)CC3)no2)cc1OC. The number of likely N-dealkylation sites (tertiary alicyclic amines) is 1. The maximum Gasteiger partial charge on any atom is 0.258 e. The van der Waals surface area contributed by atoms with Crippen LogP contribution in [0.5, 0.6) is 11.5 Å². The molecule has 8 heteroatoms. The molecule has 8 nitrogen and oxygen atoms in total. The van der Waals surface area contributed by atoms with E-state index >= 15 is 0 Å². The van der Waals surface area contributed by atoms with Crippen molar-refractivity contribution in [3.8, 4) is 23.0 Å². The van der Waals surface area contributed by atoms with E-state index in [0.29, 0.717) is 41.9 Å². The lowest BCUT2D eigenvalue weighted by atomic mass is 9.95. The Hall–Kier alpha value is -3.68. The third kappa shape index (κ3) is 5.22. The van der Waals surface area contributed by atoms with Crippen LogP contribution in [0.3, 0.4) is 0 Å². The molecule has 0 unspecified atom stereocenters. The van der Waals surface area contributed by atoms with E-state index in [1.54, 1.807) is 38.5 Å². The Balaban J connectivity index is 1.31. The summed E-state index contributed by atoms with van der Waals surface area (Å²) in [6.45, 7) is 1.23. The number of carbonyl (C=O) groups excluding carboxylic acids is 2. The number of nitrogens with zero attached hydrogens (tertiary/aromatic N) is 3. The molecule has 1 amide bonds. The minimum absolute atomic E-state index is 0.00618. The highest BCUT2D eigenvalue weighted by atomic mass is 16.5. The number of hydrogen-bond acceptors (Lipinski definition) is 7. The largest absolute Gasteiger partial charge is 0.493 e. The van der Waals surface area contributed by atoms with Gasteiger partial charge < -0.3 is 18.9 Å². The second kappa shape index (κ2) is 10.3. The van der Waals surface area contributed by atoms with Crippen molar-refractivity contribution in [2.24, 2.45) is 0 Å². The van der Waals surface area contributed by atoms with E-state index in [1.165, 1.54) is 0 Å². The van der Waals surface area contributed by atoms with Gasteiger partial charge in [0.1, 0.15) is 0 Å². The first kappa shape index (κ1) is 22.5. The molecule has 172 valence electrons. The number of hydrogen-bond donors (Lipinski definition) is 0. The molecule has 0 bridgehead atoms. The van der Waals surface area contributed by atoms with Gasteiger partial charge in [-0.2, -0.15) is 4.98 Å². The van der Waals surface area contributed by atoms with Crippen LogP contribution in [-0.2, 0) is 4.79 Å². The van der Waals surface area contributed by atoms with Crippen molar-refractivity contribution in [1.29, 1.82) is 0 Å². The van der Waals surface area contributed by atoms with E-state index in [2.05, 4.69) is 10.1 Å². The average Bonchev–Trinajstić information content (AvgIpc) is 3.37. The Labute approximate surface area is 192 Å². The molecule has 1 aliphatic rings. The number of piperidine rings is 1. The van der Waals surface area contributed by atoms with Crippen LogP contribution in [0, 0.1) is 0 Å². The summed E-state index contributed by atoms with van der Waals surface area (Å²) in [6.07, 6.45) is 1.96. The molecule has 4 rings (SSSR count). The number of methoxy groups -OCH3 is 2. The zero-order chi connectivity index (χ0) is 23.2. The van der Waals surface area contributed by atoms with Gasteiger partial charge in [0, 0.05) is 43.0 Å². The van der Waals surface area contributed by atoms with Gasteiger partial charge in [0.25, 0.3) is 5.89 Å². The summed E-state index contributed by atoms with van der Waals surface area (Å²) in [6, 6.07) is 14.5. The third-order valence-corrected chi connectivity index (χ3v) is 5.95. The predicted octanol–water partition coefficient (Wildman–Crippen LogP) is 4.12. The summed E-state index contributed by atoms with van der Waals surface area (Å²) in [5, 5.41) is 4.17. The highest BCUT2D eigenvalue weighted by Gasteiger charge is 2.27. The molecule has 1 fully saturated rings. The fourth-order valence-corrected chi connectivity index (χ4v) is 4.02. The van der Waals surface area contributed by atoms with Crippen molar-refractivity contribution in [1.82, 2.24) is 15.0 Å². The number of ketones is 1. The molecule has 0 saturated carbocycles. The fourth-order valence-electron chi connectivity index (χ4n) is 4.02. The molecular formula is C25H27N3O5. The molecule has 33 heavy (non-hydrogen) atoms. The molecule has 1 aromatic heterocycles. The van der Waals surface area contributed by atoms with E-state index in [9.17, 15) is 9.59 Å². The van der Waals surface area contributed by atoms with E-state index < -0.39 is 0 Å². The number of ether oxygens (including phenoxy) is 2. The van der Waals surface area contributed by atoms with Gasteiger partial charge in [-0.1, -0.05) is 35.5 Å². The van der Waals surface area contributed by atoms with Crippen LogP contribution in [0.2, 0.25) is 0 Å². The smallest absolute Gasteiger partial charge is 0.258 e. The van der Waals surface area contributed by atoms with Crippen LogP contribution in [0.25, 0.3) is 11.5 Å². The zero-order valence-electron chi connectivity index (χ0n) is 18.8. The summed E-state index contributed by atoms with van der Waals surface area (Å²) >= 11 is 0. The highest BCUT2D eigenvalue weighted by Crippen LogP contribution is 2.33. The number of Topliss-reactive ketones (excluding diaryl/α,β-unsaturated/α-hetero) is 1. The number of aromatic nitrogens is 2. The van der Waals surface area contributed by atoms with Crippen LogP contribution in [0.1, 0.15) is 47.8 Å². The highest BCUT2D eigenvalue weighted by molar-refractivity contribution is 5.97. The molecule has 2 heterocycles. The minimum atomic E-state index is -0.00618.